The number of benzene rings is 2. The number of hydrogen-bond donors (Lipinski definition) is 2. The predicted octanol–water partition coefficient (Wildman–Crippen LogP) is 4.07. The molecule has 0 radical (unpaired) electrons. The number of carbonyl (C=O) groups excluding carboxylic acids is 1. The Morgan fingerprint density at radius 2 is 1.50 bits per heavy atom. The number of hydrogen-bond acceptors (Lipinski definition) is 4. The zero-order chi connectivity index (χ0) is 18.4. The second kappa shape index (κ2) is 8.15. The van der Waals surface area contributed by atoms with Crippen molar-refractivity contribution >= 4 is 23.2 Å². The molecule has 5 nitrogen and oxygen atoms in total. The predicted molar refractivity (Wildman–Crippen MR) is 95.1 cm³/mol. The largest absolute Gasteiger partial charge is 0.334 e. The first-order valence-electron chi connectivity index (χ1n) is 8.00. The molecule has 1 heterocycles. The van der Waals surface area contributed by atoms with E-state index in [2.05, 4.69) is 20.8 Å². The van der Waals surface area contributed by atoms with E-state index in [4.69, 9.17) is 0 Å². The maximum absolute atomic E-state index is 13.6. The number of carbonyl (C=O) groups is 1. The van der Waals surface area contributed by atoms with Gasteiger partial charge in [0.15, 0.2) is 11.6 Å². The Labute approximate surface area is 149 Å². The highest BCUT2D eigenvalue weighted by Gasteiger charge is 2.10. The van der Waals surface area contributed by atoms with Crippen molar-refractivity contribution in [1.82, 2.24) is 10.2 Å². The smallest absolute Gasteiger partial charge is 0.225 e. The molecule has 0 aliphatic heterocycles. The molecular formula is C19H16F2N4O. The summed E-state index contributed by atoms with van der Waals surface area (Å²) in [5.74, 6) is -1.22. The molecule has 0 atom stereocenters. The Morgan fingerprint density at radius 1 is 0.846 bits per heavy atom. The lowest BCUT2D eigenvalue weighted by Gasteiger charge is -2.08. The quantitative estimate of drug-likeness (QED) is 0.700. The Hall–Kier alpha value is -3.35. The van der Waals surface area contributed by atoms with E-state index in [-0.39, 0.29) is 23.2 Å². The van der Waals surface area contributed by atoms with Crippen LogP contribution in [0.25, 0.3) is 0 Å². The highest BCUT2D eigenvalue weighted by Crippen LogP contribution is 2.22. The molecule has 7 heteroatoms. The molecular weight excluding hydrogens is 338 g/mol. The van der Waals surface area contributed by atoms with E-state index in [9.17, 15) is 13.6 Å². The maximum atomic E-state index is 13.6. The summed E-state index contributed by atoms with van der Waals surface area (Å²) in [5.41, 5.74) is 0.765. The van der Waals surface area contributed by atoms with Crippen LogP contribution in [0.15, 0.2) is 60.7 Å². The van der Waals surface area contributed by atoms with E-state index in [0.717, 1.165) is 17.7 Å². The fourth-order valence-corrected chi connectivity index (χ4v) is 2.32. The van der Waals surface area contributed by atoms with E-state index < -0.39 is 11.6 Å². The number of aryl methyl sites for hydroxylation is 1. The maximum Gasteiger partial charge on any atom is 0.225 e. The summed E-state index contributed by atoms with van der Waals surface area (Å²) >= 11 is 0. The molecule has 0 saturated carbocycles. The van der Waals surface area contributed by atoms with E-state index >= 15 is 0 Å². The third kappa shape index (κ3) is 4.60. The molecule has 2 aromatic carbocycles. The second-order valence-corrected chi connectivity index (χ2v) is 5.56. The summed E-state index contributed by atoms with van der Waals surface area (Å²) in [6.45, 7) is 0. The Morgan fingerprint density at radius 3 is 2.15 bits per heavy atom. The highest BCUT2D eigenvalue weighted by atomic mass is 19.1. The molecule has 3 aromatic rings. The van der Waals surface area contributed by atoms with Gasteiger partial charge in [-0.05, 0) is 36.2 Å². The van der Waals surface area contributed by atoms with Crippen LogP contribution in [0.3, 0.4) is 0 Å². The molecule has 132 valence electrons. The number of rotatable bonds is 6. The molecule has 0 spiro atoms. The zero-order valence-electron chi connectivity index (χ0n) is 13.7. The first-order chi connectivity index (χ1) is 12.6. The average molecular weight is 354 g/mol. The monoisotopic (exact) mass is 354 g/mol. The third-order valence-corrected chi connectivity index (χ3v) is 3.63. The van der Waals surface area contributed by atoms with Crippen molar-refractivity contribution in [2.24, 2.45) is 0 Å². The summed E-state index contributed by atoms with van der Waals surface area (Å²) in [6.07, 6.45) is 0.929. The first kappa shape index (κ1) is 17.5. The van der Waals surface area contributed by atoms with Crippen LogP contribution in [-0.2, 0) is 11.2 Å². The number of amides is 1. The minimum atomic E-state index is -0.731. The summed E-state index contributed by atoms with van der Waals surface area (Å²) in [5, 5.41) is 12.8. The molecule has 1 aromatic heterocycles. The summed E-state index contributed by atoms with van der Waals surface area (Å²) < 4.78 is 27.2. The topological polar surface area (TPSA) is 66.9 Å². The second-order valence-electron chi connectivity index (χ2n) is 5.56. The van der Waals surface area contributed by atoms with Crippen molar-refractivity contribution in [3.05, 3.63) is 77.9 Å². The van der Waals surface area contributed by atoms with Crippen molar-refractivity contribution in [3.63, 3.8) is 0 Å². The van der Waals surface area contributed by atoms with Gasteiger partial charge < -0.3 is 10.6 Å². The van der Waals surface area contributed by atoms with Crippen molar-refractivity contribution in [3.8, 4) is 0 Å². The molecule has 0 aliphatic carbocycles. The van der Waals surface area contributed by atoms with Crippen LogP contribution in [0, 0.1) is 11.6 Å². The fourth-order valence-electron chi connectivity index (χ4n) is 2.32. The van der Waals surface area contributed by atoms with Crippen molar-refractivity contribution in [2.75, 3.05) is 10.6 Å². The van der Waals surface area contributed by atoms with Crippen LogP contribution in [0.1, 0.15) is 12.0 Å². The van der Waals surface area contributed by atoms with E-state index in [0.29, 0.717) is 12.8 Å². The molecule has 0 fully saturated rings. The first-order valence-corrected chi connectivity index (χ1v) is 8.00. The molecule has 26 heavy (non-hydrogen) atoms. The average Bonchev–Trinajstić information content (AvgIpc) is 2.65. The van der Waals surface area contributed by atoms with Crippen LogP contribution < -0.4 is 10.6 Å². The molecule has 1 amide bonds. The van der Waals surface area contributed by atoms with E-state index in [1.807, 2.05) is 30.3 Å². The minimum absolute atomic E-state index is 0.163. The van der Waals surface area contributed by atoms with Gasteiger partial charge >= 0.3 is 0 Å². The van der Waals surface area contributed by atoms with Gasteiger partial charge in [0, 0.05) is 6.42 Å². The van der Waals surface area contributed by atoms with Gasteiger partial charge in [-0.15, -0.1) is 10.2 Å². The van der Waals surface area contributed by atoms with Gasteiger partial charge in [-0.2, -0.15) is 0 Å². The lowest BCUT2D eigenvalue weighted by Crippen LogP contribution is -2.14. The van der Waals surface area contributed by atoms with Crippen LogP contribution in [0.2, 0.25) is 0 Å². The Bertz CT molecular complexity index is 866. The van der Waals surface area contributed by atoms with Crippen LogP contribution in [0.5, 0.6) is 0 Å². The van der Waals surface area contributed by atoms with Crippen molar-refractivity contribution in [1.29, 1.82) is 0 Å². The lowest BCUT2D eigenvalue weighted by molar-refractivity contribution is -0.116. The van der Waals surface area contributed by atoms with Gasteiger partial charge in [0.2, 0.25) is 5.91 Å². The molecule has 2 N–H and O–H groups in total. The fraction of sp³-hybridized carbons (Fsp3) is 0.105. The molecule has 0 aliphatic rings. The summed E-state index contributed by atoms with van der Waals surface area (Å²) in [6, 6.07) is 16.2. The van der Waals surface area contributed by atoms with E-state index in [1.54, 1.807) is 0 Å². The Kier molecular flexibility index (Phi) is 5.48. The van der Waals surface area contributed by atoms with Gasteiger partial charge in [0.1, 0.15) is 17.3 Å². The third-order valence-electron chi connectivity index (χ3n) is 3.63. The van der Waals surface area contributed by atoms with Gasteiger partial charge in [-0.3, -0.25) is 4.79 Å². The van der Waals surface area contributed by atoms with Gasteiger partial charge in [-0.25, -0.2) is 8.78 Å². The van der Waals surface area contributed by atoms with Gasteiger partial charge in [0.25, 0.3) is 0 Å². The van der Waals surface area contributed by atoms with E-state index in [1.165, 1.54) is 18.2 Å². The minimum Gasteiger partial charge on any atom is -0.334 e. The summed E-state index contributed by atoms with van der Waals surface area (Å²) in [7, 11) is 0. The summed E-state index contributed by atoms with van der Waals surface area (Å²) in [4.78, 5) is 12.0. The molecule has 0 bridgehead atoms. The van der Waals surface area contributed by atoms with Gasteiger partial charge in [0.05, 0.1) is 0 Å². The zero-order valence-corrected chi connectivity index (χ0v) is 13.7. The highest BCUT2D eigenvalue weighted by molar-refractivity contribution is 5.89. The lowest BCUT2D eigenvalue weighted by atomic mass is 10.1. The van der Waals surface area contributed by atoms with Crippen LogP contribution in [-0.4, -0.2) is 16.1 Å². The molecule has 0 saturated heterocycles. The number of anilines is 3. The number of nitrogens with zero attached hydrogens (tertiary/aromatic N) is 2. The number of para-hydroxylation sites is 1. The van der Waals surface area contributed by atoms with Crippen LogP contribution >= 0.6 is 0 Å². The number of halogens is 2. The van der Waals surface area contributed by atoms with Gasteiger partial charge in [-0.1, -0.05) is 36.4 Å². The van der Waals surface area contributed by atoms with Crippen molar-refractivity contribution < 1.29 is 13.6 Å². The Balaban J connectivity index is 1.56. The number of nitrogens with one attached hydrogen (secondary N) is 2. The van der Waals surface area contributed by atoms with Crippen molar-refractivity contribution in [2.45, 2.75) is 12.8 Å². The molecule has 3 rings (SSSR count). The molecule has 0 unspecified atom stereocenters. The number of aromatic nitrogens is 2. The standard InChI is InChI=1S/C19H16F2N4O/c20-14-7-4-8-15(21)19(14)23-17-11-10-16(24-25-17)22-18(26)12-9-13-5-2-1-3-6-13/h1-8,10-11H,9,12H2,(H,23,25)(H,22,24,26). The SMILES string of the molecule is O=C(CCc1ccccc1)Nc1ccc(Nc2c(F)cccc2F)nn1. The van der Waals surface area contributed by atoms with Crippen LogP contribution in [0.4, 0.5) is 26.1 Å². The normalized spacial score (nSPS) is 10.4.